The monoisotopic (exact) mass is 193 g/mol. The summed E-state index contributed by atoms with van der Waals surface area (Å²) in [6.45, 7) is 0. The van der Waals surface area contributed by atoms with Crippen LogP contribution in [0.25, 0.3) is 11.0 Å². The van der Waals surface area contributed by atoms with Crippen LogP contribution in [0.15, 0.2) is 18.5 Å². The van der Waals surface area contributed by atoms with Gasteiger partial charge in [-0.05, 0) is 30.5 Å². The minimum atomic E-state index is 0.320. The second kappa shape index (κ2) is 2.45. The van der Waals surface area contributed by atoms with Gasteiger partial charge in [0.2, 0.25) is 5.28 Å². The molecule has 1 aliphatic carbocycles. The van der Waals surface area contributed by atoms with E-state index in [2.05, 4.69) is 20.7 Å². The van der Waals surface area contributed by atoms with Crippen molar-refractivity contribution in [1.29, 1.82) is 0 Å². The van der Waals surface area contributed by atoms with E-state index in [-0.39, 0.29) is 0 Å². The lowest BCUT2D eigenvalue weighted by molar-refractivity contribution is 0.774. The van der Waals surface area contributed by atoms with E-state index < -0.39 is 0 Å². The lowest BCUT2D eigenvalue weighted by Crippen LogP contribution is -1.91. The van der Waals surface area contributed by atoms with Gasteiger partial charge in [0.05, 0.1) is 17.2 Å². The lowest BCUT2D eigenvalue weighted by atomic mass is 10.4. The molecule has 3 rings (SSSR count). The van der Waals surface area contributed by atoms with Gasteiger partial charge in [0.25, 0.3) is 0 Å². The summed E-state index contributed by atoms with van der Waals surface area (Å²) < 4.78 is 2.23. The molecule has 0 bridgehead atoms. The molecule has 0 spiro atoms. The molecular weight excluding hydrogens is 186 g/mol. The Morgan fingerprint density at radius 2 is 2.31 bits per heavy atom. The largest absolute Gasteiger partial charge is 0.342 e. The molecule has 0 radical (unpaired) electrons. The van der Waals surface area contributed by atoms with Crippen molar-refractivity contribution >= 4 is 22.6 Å². The Labute approximate surface area is 80.4 Å². The Kier molecular flexibility index (Phi) is 1.38. The first-order valence-corrected chi connectivity index (χ1v) is 4.71. The highest BCUT2D eigenvalue weighted by molar-refractivity contribution is 6.28. The zero-order valence-corrected chi connectivity index (χ0v) is 7.70. The summed E-state index contributed by atoms with van der Waals surface area (Å²) in [6, 6.07) is 2.66. The van der Waals surface area contributed by atoms with Gasteiger partial charge < -0.3 is 4.57 Å². The number of nitrogens with zero attached hydrogens (tertiary/aromatic N) is 3. The van der Waals surface area contributed by atoms with Crippen molar-refractivity contribution < 1.29 is 0 Å². The Hall–Kier alpha value is -1.09. The zero-order chi connectivity index (χ0) is 8.84. The van der Waals surface area contributed by atoms with Crippen LogP contribution >= 0.6 is 11.6 Å². The van der Waals surface area contributed by atoms with Gasteiger partial charge in [-0.1, -0.05) is 0 Å². The lowest BCUT2D eigenvalue weighted by Gasteiger charge is -2.00. The van der Waals surface area contributed by atoms with E-state index in [1.165, 1.54) is 12.8 Å². The quantitative estimate of drug-likeness (QED) is 0.652. The molecule has 1 aliphatic rings. The molecule has 0 N–H and O–H groups in total. The first-order chi connectivity index (χ1) is 6.34. The average Bonchev–Trinajstić information content (AvgIpc) is 2.87. The minimum Gasteiger partial charge on any atom is -0.342 e. The molecule has 1 saturated carbocycles. The van der Waals surface area contributed by atoms with E-state index in [1.807, 2.05) is 6.07 Å². The number of hydrogen-bond donors (Lipinski definition) is 0. The van der Waals surface area contributed by atoms with Crippen molar-refractivity contribution in [3.05, 3.63) is 23.7 Å². The Balaban J connectivity index is 2.26. The van der Waals surface area contributed by atoms with E-state index in [4.69, 9.17) is 11.6 Å². The molecule has 2 aromatic rings. The van der Waals surface area contributed by atoms with Crippen molar-refractivity contribution in [2.75, 3.05) is 0 Å². The summed E-state index contributed by atoms with van der Waals surface area (Å²) in [4.78, 5) is 8.12. The van der Waals surface area contributed by atoms with E-state index in [9.17, 15) is 0 Å². The minimum absolute atomic E-state index is 0.320. The van der Waals surface area contributed by atoms with Gasteiger partial charge in [-0.2, -0.15) is 0 Å². The van der Waals surface area contributed by atoms with E-state index in [0.29, 0.717) is 11.3 Å². The SMILES string of the molecule is Clc1ncc2c(ccn2C2CC2)n1. The average molecular weight is 194 g/mol. The molecular formula is C9H8ClN3. The summed E-state index contributed by atoms with van der Waals surface area (Å²) in [5, 5.41) is 0.320. The molecule has 0 aromatic carbocycles. The second-order valence-electron chi connectivity index (χ2n) is 3.36. The fourth-order valence-corrected chi connectivity index (χ4v) is 1.73. The predicted molar refractivity (Wildman–Crippen MR) is 50.8 cm³/mol. The molecule has 0 unspecified atom stereocenters. The van der Waals surface area contributed by atoms with Gasteiger partial charge in [0.1, 0.15) is 0 Å². The zero-order valence-electron chi connectivity index (χ0n) is 6.94. The van der Waals surface area contributed by atoms with Crippen LogP contribution in [0, 0.1) is 0 Å². The first-order valence-electron chi connectivity index (χ1n) is 4.34. The fourth-order valence-electron chi connectivity index (χ4n) is 1.59. The van der Waals surface area contributed by atoms with Gasteiger partial charge in [-0.3, -0.25) is 0 Å². The van der Waals surface area contributed by atoms with Crippen LogP contribution in [0.1, 0.15) is 18.9 Å². The van der Waals surface area contributed by atoms with E-state index >= 15 is 0 Å². The highest BCUT2D eigenvalue weighted by Gasteiger charge is 2.24. The molecule has 3 nitrogen and oxygen atoms in total. The maximum atomic E-state index is 5.69. The number of rotatable bonds is 1. The molecule has 1 fully saturated rings. The van der Waals surface area contributed by atoms with Crippen LogP contribution in [-0.2, 0) is 0 Å². The third kappa shape index (κ3) is 1.11. The molecule has 0 saturated heterocycles. The number of fused-ring (bicyclic) bond motifs is 1. The van der Waals surface area contributed by atoms with Gasteiger partial charge in [-0.25, -0.2) is 9.97 Å². The molecule has 66 valence electrons. The van der Waals surface area contributed by atoms with Gasteiger partial charge in [0, 0.05) is 12.2 Å². The molecule has 0 amide bonds. The topological polar surface area (TPSA) is 30.7 Å². The van der Waals surface area contributed by atoms with Crippen LogP contribution in [-0.4, -0.2) is 14.5 Å². The molecule has 4 heteroatoms. The Morgan fingerprint density at radius 3 is 3.08 bits per heavy atom. The second-order valence-corrected chi connectivity index (χ2v) is 3.70. The van der Waals surface area contributed by atoms with Crippen LogP contribution in [0.3, 0.4) is 0 Å². The summed E-state index contributed by atoms with van der Waals surface area (Å²) in [5.41, 5.74) is 2.03. The van der Waals surface area contributed by atoms with Crippen molar-refractivity contribution in [3.63, 3.8) is 0 Å². The smallest absolute Gasteiger partial charge is 0.223 e. The Morgan fingerprint density at radius 1 is 1.46 bits per heavy atom. The van der Waals surface area contributed by atoms with Crippen LogP contribution < -0.4 is 0 Å². The summed E-state index contributed by atoms with van der Waals surface area (Å²) >= 11 is 5.69. The van der Waals surface area contributed by atoms with Crippen molar-refractivity contribution in [1.82, 2.24) is 14.5 Å². The van der Waals surface area contributed by atoms with Gasteiger partial charge in [-0.15, -0.1) is 0 Å². The fraction of sp³-hybridized carbons (Fsp3) is 0.333. The molecule has 0 atom stereocenters. The first kappa shape index (κ1) is 7.33. The highest BCUT2D eigenvalue weighted by atomic mass is 35.5. The van der Waals surface area contributed by atoms with Gasteiger partial charge in [0.15, 0.2) is 0 Å². The van der Waals surface area contributed by atoms with Crippen molar-refractivity contribution in [2.24, 2.45) is 0 Å². The predicted octanol–water partition coefficient (Wildman–Crippen LogP) is 2.42. The molecule has 2 aromatic heterocycles. The Bertz CT molecular complexity index is 459. The van der Waals surface area contributed by atoms with E-state index in [1.54, 1.807) is 6.20 Å². The number of aromatic nitrogens is 3. The number of halogens is 1. The van der Waals surface area contributed by atoms with Crippen molar-refractivity contribution in [2.45, 2.75) is 18.9 Å². The maximum absolute atomic E-state index is 5.69. The van der Waals surface area contributed by atoms with Gasteiger partial charge >= 0.3 is 0 Å². The van der Waals surface area contributed by atoms with Crippen LogP contribution in [0.5, 0.6) is 0 Å². The summed E-state index contributed by atoms with van der Waals surface area (Å²) in [6.07, 6.45) is 6.40. The molecule has 0 aliphatic heterocycles. The van der Waals surface area contributed by atoms with Crippen LogP contribution in [0.2, 0.25) is 5.28 Å². The highest BCUT2D eigenvalue weighted by Crippen LogP contribution is 2.37. The molecule has 2 heterocycles. The van der Waals surface area contributed by atoms with E-state index in [0.717, 1.165) is 11.0 Å². The summed E-state index contributed by atoms with van der Waals surface area (Å²) in [5.74, 6) is 0. The van der Waals surface area contributed by atoms with Crippen LogP contribution in [0.4, 0.5) is 0 Å². The normalized spacial score (nSPS) is 16.7. The standard InChI is InChI=1S/C9H8ClN3/c10-9-11-5-8-7(12-9)3-4-13(8)6-1-2-6/h3-6H,1-2H2. The maximum Gasteiger partial charge on any atom is 0.223 e. The third-order valence-electron chi connectivity index (χ3n) is 2.38. The third-order valence-corrected chi connectivity index (χ3v) is 2.56. The molecule has 13 heavy (non-hydrogen) atoms. The summed E-state index contributed by atoms with van der Waals surface area (Å²) in [7, 11) is 0. The number of hydrogen-bond acceptors (Lipinski definition) is 2. The van der Waals surface area contributed by atoms with Crippen molar-refractivity contribution in [3.8, 4) is 0 Å².